The van der Waals surface area contributed by atoms with E-state index in [4.69, 9.17) is 9.84 Å². The molecular formula is C31H24BrNO9. The van der Waals surface area contributed by atoms with E-state index in [2.05, 4.69) is 15.9 Å². The van der Waals surface area contributed by atoms with Crippen molar-refractivity contribution in [2.24, 2.45) is 17.8 Å². The van der Waals surface area contributed by atoms with Gasteiger partial charge in [-0.15, -0.1) is 0 Å². The Bertz CT molecular complexity index is 1670. The molecular weight excluding hydrogens is 610 g/mol. The van der Waals surface area contributed by atoms with Gasteiger partial charge in [0.2, 0.25) is 11.8 Å². The third kappa shape index (κ3) is 4.31. The van der Waals surface area contributed by atoms with Gasteiger partial charge in [-0.3, -0.25) is 19.2 Å². The van der Waals surface area contributed by atoms with Crippen molar-refractivity contribution in [2.45, 2.75) is 18.8 Å². The first-order valence-corrected chi connectivity index (χ1v) is 14.1. The summed E-state index contributed by atoms with van der Waals surface area (Å²) >= 11 is 3.20. The number of hydrogen-bond donors (Lipinski definition) is 3. The average Bonchev–Trinajstić information content (AvgIpc) is 3.23. The number of Topliss-reactive ketones (excluding diaryl/α,β-unsaturated/α-hetero) is 1. The number of rotatable bonds is 6. The summed E-state index contributed by atoms with van der Waals surface area (Å²) in [6.07, 6.45) is 3.48. The number of ether oxygens (including phenoxy) is 1. The number of hydrogen-bond acceptors (Lipinski definition) is 8. The summed E-state index contributed by atoms with van der Waals surface area (Å²) in [5.41, 5.74) is 1.83. The molecule has 1 saturated heterocycles. The molecule has 0 spiro atoms. The third-order valence-corrected chi connectivity index (χ3v) is 8.96. The summed E-state index contributed by atoms with van der Waals surface area (Å²) in [5, 5.41) is 28.6. The highest BCUT2D eigenvalue weighted by Crippen LogP contribution is 2.55. The Morgan fingerprint density at radius 2 is 1.76 bits per heavy atom. The molecule has 4 aliphatic rings. The highest BCUT2D eigenvalue weighted by Gasteiger charge is 2.56. The number of allylic oxidation sites excluding steroid dienone is 6. The standard InChI is InChI=1S/C31H24BrNO9/c32-22-13-24(36)27-21(28(22)37)12-20-17(25(27)14-1-4-16(5-2-14)42-10-9-34)7-8-19-26(20)30(39)33(29(19)38)15-3-6-18(31(40)41)23(35)11-15/h1-7,11,13,19-20,25-26,34-35H,8-10,12H2,(H,40,41). The Morgan fingerprint density at radius 1 is 1.02 bits per heavy atom. The van der Waals surface area contributed by atoms with Gasteiger partial charge in [-0.2, -0.15) is 0 Å². The highest BCUT2D eigenvalue weighted by atomic mass is 79.9. The number of benzene rings is 2. The number of phenols is 1. The van der Waals surface area contributed by atoms with Gasteiger partial charge in [0.15, 0.2) is 11.6 Å². The number of ketones is 2. The smallest absolute Gasteiger partial charge is 0.339 e. The normalized spacial score (nSPS) is 25.0. The zero-order valence-electron chi connectivity index (χ0n) is 22.0. The van der Waals surface area contributed by atoms with E-state index in [9.17, 15) is 34.2 Å². The van der Waals surface area contributed by atoms with Crippen molar-refractivity contribution in [2.75, 3.05) is 18.1 Å². The van der Waals surface area contributed by atoms with Crippen molar-refractivity contribution >= 4 is 51.0 Å². The fourth-order valence-corrected chi connectivity index (χ4v) is 7.05. The minimum absolute atomic E-state index is 0.0591. The molecule has 0 radical (unpaired) electrons. The van der Waals surface area contributed by atoms with E-state index < -0.39 is 47.2 Å². The SMILES string of the molecule is O=C1C=C(Br)C(=O)C2=C1C(c1ccc(OCCO)cc1)C1=CCC3C(=O)N(c4ccc(C(=O)O)c(O)c4)C(=O)C3C1C2. The molecule has 4 atom stereocenters. The van der Waals surface area contributed by atoms with Gasteiger partial charge in [-0.1, -0.05) is 23.8 Å². The lowest BCUT2D eigenvalue weighted by molar-refractivity contribution is -0.123. The second-order valence-electron chi connectivity index (χ2n) is 10.6. The number of halogens is 1. The maximum atomic E-state index is 13.9. The number of carboxylic acids is 1. The van der Waals surface area contributed by atoms with Gasteiger partial charge in [0.05, 0.1) is 28.6 Å². The number of carbonyl (C=O) groups is 5. The molecule has 3 aliphatic carbocycles. The van der Waals surface area contributed by atoms with Crippen LogP contribution < -0.4 is 9.64 Å². The lowest BCUT2D eigenvalue weighted by Gasteiger charge is -2.42. The van der Waals surface area contributed by atoms with Crippen LogP contribution in [0.25, 0.3) is 0 Å². The lowest BCUT2D eigenvalue weighted by Crippen LogP contribution is -2.39. The molecule has 42 heavy (non-hydrogen) atoms. The summed E-state index contributed by atoms with van der Waals surface area (Å²) in [5.74, 6) is -5.78. The summed E-state index contributed by atoms with van der Waals surface area (Å²) in [4.78, 5) is 66.6. The second kappa shape index (κ2) is 10.5. The number of imide groups is 1. The summed E-state index contributed by atoms with van der Waals surface area (Å²) in [6.45, 7) is -0.0354. The van der Waals surface area contributed by atoms with Crippen molar-refractivity contribution in [3.05, 3.63) is 86.9 Å². The Kier molecular flexibility index (Phi) is 6.94. The fraction of sp³-hybridized carbons (Fsp3) is 0.258. The Morgan fingerprint density at radius 3 is 2.43 bits per heavy atom. The van der Waals surface area contributed by atoms with Crippen LogP contribution >= 0.6 is 15.9 Å². The maximum Gasteiger partial charge on any atom is 0.339 e. The number of carboxylic acid groups (broad SMARTS) is 1. The molecule has 10 nitrogen and oxygen atoms in total. The van der Waals surface area contributed by atoms with Crippen molar-refractivity contribution in [3.8, 4) is 11.5 Å². The number of anilines is 1. The fourth-order valence-electron chi connectivity index (χ4n) is 6.60. The first-order valence-electron chi connectivity index (χ1n) is 13.3. The van der Waals surface area contributed by atoms with Gasteiger partial charge < -0.3 is 20.1 Å². The minimum Gasteiger partial charge on any atom is -0.507 e. The Balaban J connectivity index is 1.42. The molecule has 0 bridgehead atoms. The van der Waals surface area contributed by atoms with Crippen molar-refractivity contribution in [1.29, 1.82) is 0 Å². The number of aliphatic hydroxyl groups is 1. The van der Waals surface area contributed by atoms with Gasteiger partial charge in [-0.25, -0.2) is 9.69 Å². The van der Waals surface area contributed by atoms with Crippen LogP contribution in [0.3, 0.4) is 0 Å². The minimum atomic E-state index is -1.35. The molecule has 1 fully saturated rings. The Labute approximate surface area is 247 Å². The van der Waals surface area contributed by atoms with Crippen LogP contribution in [-0.4, -0.2) is 57.9 Å². The van der Waals surface area contributed by atoms with Gasteiger partial charge in [0.25, 0.3) is 0 Å². The lowest BCUT2D eigenvalue weighted by atomic mass is 9.59. The Hall–Kier alpha value is -4.35. The predicted octanol–water partition coefficient (Wildman–Crippen LogP) is 3.43. The zero-order chi connectivity index (χ0) is 29.9. The molecule has 1 aliphatic heterocycles. The van der Waals surface area contributed by atoms with Crippen molar-refractivity contribution in [3.63, 3.8) is 0 Å². The molecule has 4 unspecified atom stereocenters. The largest absolute Gasteiger partial charge is 0.507 e. The number of aromatic carboxylic acids is 1. The topological polar surface area (TPSA) is 159 Å². The van der Waals surface area contributed by atoms with Crippen molar-refractivity contribution < 1.29 is 44.0 Å². The van der Waals surface area contributed by atoms with Crippen LogP contribution in [0, 0.1) is 17.8 Å². The van der Waals surface area contributed by atoms with E-state index in [1.165, 1.54) is 12.1 Å². The van der Waals surface area contributed by atoms with Gasteiger partial charge in [0, 0.05) is 29.2 Å². The van der Waals surface area contributed by atoms with Gasteiger partial charge in [0.1, 0.15) is 23.7 Å². The van der Waals surface area contributed by atoms with Crippen LogP contribution in [0.15, 0.2) is 75.8 Å². The summed E-state index contributed by atoms with van der Waals surface area (Å²) < 4.78 is 5.60. The first kappa shape index (κ1) is 27.8. The maximum absolute atomic E-state index is 13.9. The first-order chi connectivity index (χ1) is 20.1. The van der Waals surface area contributed by atoms with Gasteiger partial charge >= 0.3 is 5.97 Å². The number of nitrogens with zero attached hydrogens (tertiary/aromatic N) is 1. The van der Waals surface area contributed by atoms with Crippen LogP contribution in [0.5, 0.6) is 11.5 Å². The number of aromatic hydroxyl groups is 1. The average molecular weight is 634 g/mol. The van der Waals surface area contributed by atoms with Crippen LogP contribution in [0.2, 0.25) is 0 Å². The van der Waals surface area contributed by atoms with E-state index >= 15 is 0 Å². The molecule has 214 valence electrons. The molecule has 0 aromatic heterocycles. The third-order valence-electron chi connectivity index (χ3n) is 8.37. The zero-order valence-corrected chi connectivity index (χ0v) is 23.5. The molecule has 6 rings (SSSR count). The van der Waals surface area contributed by atoms with E-state index in [-0.39, 0.29) is 53.4 Å². The van der Waals surface area contributed by atoms with Crippen LogP contribution in [0.1, 0.15) is 34.7 Å². The van der Waals surface area contributed by atoms with E-state index in [0.29, 0.717) is 22.5 Å². The highest BCUT2D eigenvalue weighted by molar-refractivity contribution is 9.12. The molecule has 2 aromatic carbocycles. The van der Waals surface area contributed by atoms with Crippen molar-refractivity contribution in [1.82, 2.24) is 0 Å². The number of fused-ring (bicyclic) bond motifs is 3. The summed E-state index contributed by atoms with van der Waals surface area (Å²) in [7, 11) is 0. The predicted molar refractivity (Wildman–Crippen MR) is 151 cm³/mol. The van der Waals surface area contributed by atoms with E-state index in [0.717, 1.165) is 22.6 Å². The number of carbonyl (C=O) groups excluding carboxylic acids is 4. The molecule has 0 saturated carbocycles. The van der Waals surface area contributed by atoms with Crippen LogP contribution in [-0.2, 0) is 19.2 Å². The number of amides is 2. The van der Waals surface area contributed by atoms with E-state index in [1.807, 2.05) is 6.08 Å². The quantitative estimate of drug-likeness (QED) is 0.246. The molecule has 2 aromatic rings. The molecule has 3 N–H and O–H groups in total. The molecule has 11 heteroatoms. The molecule has 2 amide bonds. The molecule has 1 heterocycles. The second-order valence-corrected chi connectivity index (χ2v) is 11.4. The van der Waals surface area contributed by atoms with E-state index in [1.54, 1.807) is 24.3 Å². The number of aliphatic hydroxyl groups excluding tert-OH is 1. The van der Waals surface area contributed by atoms with Crippen LogP contribution in [0.4, 0.5) is 5.69 Å². The monoisotopic (exact) mass is 633 g/mol. The summed E-state index contributed by atoms with van der Waals surface area (Å²) in [6, 6.07) is 10.5. The van der Waals surface area contributed by atoms with Gasteiger partial charge in [-0.05, 0) is 64.5 Å².